The number of carbonyl (C=O) groups excluding carboxylic acids is 1. The topological polar surface area (TPSA) is 93.2 Å². The Morgan fingerprint density at radius 2 is 1.64 bits per heavy atom. The summed E-state index contributed by atoms with van der Waals surface area (Å²) >= 11 is 0. The monoisotopic (exact) mass is 391 g/mol. The van der Waals surface area contributed by atoms with Gasteiger partial charge >= 0.3 is 12.1 Å². The zero-order valence-electron chi connectivity index (χ0n) is 14.0. The molecule has 0 radical (unpaired) electrons. The number of hydrogen-bond donors (Lipinski definition) is 2. The van der Waals surface area contributed by atoms with E-state index in [1.54, 1.807) is 30.3 Å². The first kappa shape index (κ1) is 19.0. The molecule has 0 aliphatic heterocycles. The van der Waals surface area contributed by atoms with E-state index in [0.29, 0.717) is 5.69 Å². The van der Waals surface area contributed by atoms with Crippen LogP contribution in [0.1, 0.15) is 10.5 Å². The summed E-state index contributed by atoms with van der Waals surface area (Å²) in [5.74, 6) is -1.26. The molecule has 1 aromatic heterocycles. The minimum Gasteiger partial charge on any atom is -0.406 e. The third-order valence-corrected chi connectivity index (χ3v) is 3.54. The van der Waals surface area contributed by atoms with Crippen LogP contribution in [-0.2, 0) is 0 Å². The molecule has 0 spiro atoms. The van der Waals surface area contributed by atoms with Crippen LogP contribution in [0.2, 0.25) is 0 Å². The molecule has 3 aromatic rings. The fourth-order valence-corrected chi connectivity index (χ4v) is 2.38. The number of carbonyl (C=O) groups is 1. The van der Waals surface area contributed by atoms with Gasteiger partial charge in [0.05, 0.1) is 5.69 Å². The van der Waals surface area contributed by atoms with Gasteiger partial charge in [0.15, 0.2) is 0 Å². The molecule has 0 bridgehead atoms. The van der Waals surface area contributed by atoms with E-state index in [-0.39, 0.29) is 11.4 Å². The Bertz CT molecular complexity index is 1070. The maximum absolute atomic E-state index is 12.2. The summed E-state index contributed by atoms with van der Waals surface area (Å²) in [5.41, 5.74) is -1.34. The fraction of sp³-hybridized carbons (Fsp3) is 0.0556. The number of anilines is 1. The summed E-state index contributed by atoms with van der Waals surface area (Å²) in [5, 5.41) is 2.37. The molecule has 0 unspecified atom stereocenters. The molecular formula is C18H12F3N3O4. The van der Waals surface area contributed by atoms with Gasteiger partial charge in [0.25, 0.3) is 11.5 Å². The number of ether oxygens (including phenoxy) is 1. The highest BCUT2D eigenvalue weighted by Gasteiger charge is 2.31. The van der Waals surface area contributed by atoms with Crippen LogP contribution < -0.4 is 21.3 Å². The molecule has 28 heavy (non-hydrogen) atoms. The van der Waals surface area contributed by atoms with Gasteiger partial charge in [-0.05, 0) is 36.4 Å². The highest BCUT2D eigenvalue weighted by Crippen LogP contribution is 2.24. The summed E-state index contributed by atoms with van der Waals surface area (Å²) in [6.45, 7) is 0. The second-order valence-electron chi connectivity index (χ2n) is 5.52. The molecule has 2 N–H and O–H groups in total. The molecule has 0 atom stereocenters. The first-order valence-electron chi connectivity index (χ1n) is 7.82. The summed E-state index contributed by atoms with van der Waals surface area (Å²) in [6, 6.07) is 13.5. The third kappa shape index (κ3) is 4.47. The lowest BCUT2D eigenvalue weighted by molar-refractivity contribution is -0.274. The molecule has 1 amide bonds. The van der Waals surface area contributed by atoms with Gasteiger partial charge in [-0.2, -0.15) is 0 Å². The Kier molecular flexibility index (Phi) is 5.03. The van der Waals surface area contributed by atoms with Gasteiger partial charge in [0.1, 0.15) is 11.4 Å². The van der Waals surface area contributed by atoms with Crippen molar-refractivity contribution in [1.29, 1.82) is 0 Å². The number of halogens is 3. The van der Waals surface area contributed by atoms with Crippen molar-refractivity contribution in [3.8, 4) is 11.4 Å². The van der Waals surface area contributed by atoms with Crippen LogP contribution in [0.5, 0.6) is 5.75 Å². The molecule has 0 fully saturated rings. The van der Waals surface area contributed by atoms with Crippen LogP contribution in [0.15, 0.2) is 70.3 Å². The molecule has 144 valence electrons. The van der Waals surface area contributed by atoms with E-state index in [1.807, 2.05) is 0 Å². The minimum atomic E-state index is -4.83. The van der Waals surface area contributed by atoms with Crippen LogP contribution >= 0.6 is 0 Å². The zero-order valence-corrected chi connectivity index (χ0v) is 14.0. The second kappa shape index (κ2) is 7.43. The molecule has 2 aromatic carbocycles. The highest BCUT2D eigenvalue weighted by atomic mass is 19.4. The second-order valence-corrected chi connectivity index (χ2v) is 5.52. The Labute approximate surface area is 155 Å². The van der Waals surface area contributed by atoms with Crippen molar-refractivity contribution < 1.29 is 22.7 Å². The SMILES string of the molecule is O=C(Nc1ccc(OC(F)(F)F)cc1)c1cc(=O)n(-c2ccccc2)c(=O)[nH]1. The fourth-order valence-electron chi connectivity index (χ4n) is 2.38. The van der Waals surface area contributed by atoms with E-state index in [4.69, 9.17) is 0 Å². The lowest BCUT2D eigenvalue weighted by atomic mass is 10.3. The first-order chi connectivity index (χ1) is 13.2. The lowest BCUT2D eigenvalue weighted by Gasteiger charge is -2.10. The predicted molar refractivity (Wildman–Crippen MR) is 93.7 cm³/mol. The highest BCUT2D eigenvalue weighted by molar-refractivity contribution is 6.02. The van der Waals surface area contributed by atoms with Gasteiger partial charge in [-0.15, -0.1) is 13.2 Å². The standard InChI is InChI=1S/C18H12F3N3O4/c19-18(20,21)28-13-8-6-11(7-9-13)22-16(26)14-10-15(25)24(17(27)23-14)12-4-2-1-3-5-12/h1-10H,(H,22,26)(H,23,27). The van der Waals surface area contributed by atoms with Gasteiger partial charge < -0.3 is 15.0 Å². The van der Waals surface area contributed by atoms with Crippen molar-refractivity contribution in [2.45, 2.75) is 6.36 Å². The molecule has 0 aliphatic rings. The number of nitrogens with zero attached hydrogens (tertiary/aromatic N) is 1. The number of benzene rings is 2. The number of para-hydroxylation sites is 1. The van der Waals surface area contributed by atoms with Gasteiger partial charge in [-0.3, -0.25) is 9.59 Å². The Balaban J connectivity index is 1.80. The normalized spacial score (nSPS) is 11.1. The summed E-state index contributed by atoms with van der Waals surface area (Å²) < 4.78 is 41.0. The smallest absolute Gasteiger partial charge is 0.406 e. The van der Waals surface area contributed by atoms with Crippen molar-refractivity contribution in [3.05, 3.63) is 87.2 Å². The van der Waals surface area contributed by atoms with E-state index in [9.17, 15) is 27.6 Å². The van der Waals surface area contributed by atoms with Crippen molar-refractivity contribution >= 4 is 11.6 Å². The van der Waals surface area contributed by atoms with Crippen molar-refractivity contribution in [2.75, 3.05) is 5.32 Å². The summed E-state index contributed by atoms with van der Waals surface area (Å²) in [6.07, 6.45) is -4.83. The average molecular weight is 391 g/mol. The molecule has 10 heteroatoms. The largest absolute Gasteiger partial charge is 0.573 e. The minimum absolute atomic E-state index is 0.146. The Morgan fingerprint density at radius 3 is 2.21 bits per heavy atom. The van der Waals surface area contributed by atoms with Crippen LogP contribution in [0.3, 0.4) is 0 Å². The number of amides is 1. The van der Waals surface area contributed by atoms with E-state index in [2.05, 4.69) is 15.0 Å². The van der Waals surface area contributed by atoms with Crippen LogP contribution in [0.25, 0.3) is 5.69 Å². The van der Waals surface area contributed by atoms with E-state index in [0.717, 1.165) is 22.8 Å². The lowest BCUT2D eigenvalue weighted by Crippen LogP contribution is -2.35. The maximum Gasteiger partial charge on any atom is 0.573 e. The molecular weight excluding hydrogens is 379 g/mol. The number of alkyl halides is 3. The number of aromatic amines is 1. The molecule has 7 nitrogen and oxygen atoms in total. The van der Waals surface area contributed by atoms with Crippen LogP contribution in [0, 0.1) is 0 Å². The summed E-state index contributed by atoms with van der Waals surface area (Å²) in [7, 11) is 0. The summed E-state index contributed by atoms with van der Waals surface area (Å²) in [4.78, 5) is 39.0. The average Bonchev–Trinajstić information content (AvgIpc) is 2.62. The van der Waals surface area contributed by atoms with E-state index in [1.165, 1.54) is 12.1 Å². The van der Waals surface area contributed by atoms with Gasteiger partial charge in [-0.25, -0.2) is 9.36 Å². The number of H-pyrrole nitrogens is 1. The molecule has 0 saturated carbocycles. The van der Waals surface area contributed by atoms with Crippen molar-refractivity contribution in [2.24, 2.45) is 0 Å². The number of nitrogens with one attached hydrogen (secondary N) is 2. The van der Waals surface area contributed by atoms with Crippen LogP contribution in [-0.4, -0.2) is 21.8 Å². The molecule has 3 rings (SSSR count). The van der Waals surface area contributed by atoms with Gasteiger partial charge in [0, 0.05) is 11.8 Å². The first-order valence-corrected chi connectivity index (χ1v) is 7.82. The molecule has 0 saturated heterocycles. The third-order valence-electron chi connectivity index (χ3n) is 3.54. The van der Waals surface area contributed by atoms with E-state index >= 15 is 0 Å². The predicted octanol–water partition coefficient (Wildman–Crippen LogP) is 2.68. The van der Waals surface area contributed by atoms with E-state index < -0.39 is 29.3 Å². The number of rotatable bonds is 4. The van der Waals surface area contributed by atoms with Crippen molar-refractivity contribution in [1.82, 2.24) is 9.55 Å². The van der Waals surface area contributed by atoms with Gasteiger partial charge in [0.2, 0.25) is 0 Å². The van der Waals surface area contributed by atoms with Crippen molar-refractivity contribution in [3.63, 3.8) is 0 Å². The quantitative estimate of drug-likeness (QED) is 0.715. The Morgan fingerprint density at radius 1 is 1.00 bits per heavy atom. The van der Waals surface area contributed by atoms with Crippen LogP contribution in [0.4, 0.5) is 18.9 Å². The number of aromatic nitrogens is 2. The van der Waals surface area contributed by atoms with Gasteiger partial charge in [-0.1, -0.05) is 18.2 Å². The number of hydrogen-bond acceptors (Lipinski definition) is 4. The Hall–Kier alpha value is -3.82. The molecule has 0 aliphatic carbocycles. The zero-order chi connectivity index (χ0) is 20.3. The maximum atomic E-state index is 12.2. The molecule has 1 heterocycles.